The summed E-state index contributed by atoms with van der Waals surface area (Å²) in [5.74, 6) is -0.110. The first-order valence-corrected chi connectivity index (χ1v) is 14.3. The molecule has 0 spiro atoms. The van der Waals surface area contributed by atoms with E-state index in [0.29, 0.717) is 46.1 Å². The lowest BCUT2D eigenvalue weighted by molar-refractivity contribution is -0.145. The number of rotatable bonds is 20. The van der Waals surface area contributed by atoms with Crippen molar-refractivity contribution in [3.05, 3.63) is 0 Å². The highest BCUT2D eigenvalue weighted by Gasteiger charge is 2.13. The molecule has 5 nitrogen and oxygen atoms in total. The smallest absolute Gasteiger partial charge is 0.305 e. The van der Waals surface area contributed by atoms with Crippen molar-refractivity contribution in [3.63, 3.8) is 0 Å². The van der Waals surface area contributed by atoms with Crippen LogP contribution in [0.3, 0.4) is 0 Å². The third kappa shape index (κ3) is 23.5. The molecule has 0 amide bonds. The Morgan fingerprint density at radius 2 is 1.15 bits per heavy atom. The van der Waals surface area contributed by atoms with Gasteiger partial charge in [-0.3, -0.25) is 4.79 Å². The van der Waals surface area contributed by atoms with Crippen molar-refractivity contribution >= 4 is 14.3 Å². The molecular formula is C21H44O5Si. The molecule has 0 bridgehead atoms. The zero-order valence-corrected chi connectivity index (χ0v) is 19.4. The van der Waals surface area contributed by atoms with Gasteiger partial charge in [0.15, 0.2) is 8.32 Å². The van der Waals surface area contributed by atoms with Gasteiger partial charge in [-0.25, -0.2) is 0 Å². The number of hydrogen-bond donors (Lipinski definition) is 0. The molecule has 0 atom stereocenters. The summed E-state index contributed by atoms with van der Waals surface area (Å²) in [7, 11) is -1.44. The zero-order valence-electron chi connectivity index (χ0n) is 18.4. The molecule has 0 aromatic heterocycles. The summed E-state index contributed by atoms with van der Waals surface area (Å²) < 4.78 is 21.7. The summed E-state index contributed by atoms with van der Waals surface area (Å²) in [5, 5.41) is 0. The molecule has 27 heavy (non-hydrogen) atoms. The van der Waals surface area contributed by atoms with Gasteiger partial charge < -0.3 is 18.6 Å². The van der Waals surface area contributed by atoms with Gasteiger partial charge in [0.05, 0.1) is 33.0 Å². The lowest BCUT2D eigenvalue weighted by atomic mass is 10.1. The molecule has 0 aromatic rings. The molecule has 0 aromatic carbocycles. The van der Waals surface area contributed by atoms with Gasteiger partial charge in [0.25, 0.3) is 0 Å². The second-order valence-electron chi connectivity index (χ2n) is 7.98. The predicted molar refractivity (Wildman–Crippen MR) is 114 cm³/mol. The van der Waals surface area contributed by atoms with E-state index in [4.69, 9.17) is 18.6 Å². The number of carbonyl (C=O) groups is 1. The molecule has 0 fully saturated rings. The van der Waals surface area contributed by atoms with Gasteiger partial charge in [-0.15, -0.1) is 0 Å². The summed E-state index contributed by atoms with van der Waals surface area (Å²) >= 11 is 0. The fraction of sp³-hybridized carbons (Fsp3) is 0.952. The molecule has 0 saturated heterocycles. The van der Waals surface area contributed by atoms with Gasteiger partial charge in [-0.1, -0.05) is 58.3 Å². The molecular weight excluding hydrogens is 360 g/mol. The second-order valence-corrected chi connectivity index (χ2v) is 12.5. The van der Waals surface area contributed by atoms with Gasteiger partial charge in [0.1, 0.15) is 6.61 Å². The van der Waals surface area contributed by atoms with E-state index in [-0.39, 0.29) is 5.97 Å². The topological polar surface area (TPSA) is 54.0 Å². The Labute approximate surface area is 168 Å². The van der Waals surface area contributed by atoms with E-state index >= 15 is 0 Å². The van der Waals surface area contributed by atoms with E-state index < -0.39 is 8.32 Å². The molecule has 6 heteroatoms. The standard InChI is InChI=1S/C21H44O5Si/c1-5-6-7-8-9-10-11-12-13-14-21(22)25-19-17-23-15-16-24-18-20-26-27(2,3)4/h5-20H2,1-4H3. The van der Waals surface area contributed by atoms with Crippen LogP contribution in [0.15, 0.2) is 0 Å². The fourth-order valence-corrected chi connectivity index (χ4v) is 3.29. The number of hydrogen-bond acceptors (Lipinski definition) is 5. The van der Waals surface area contributed by atoms with Crippen LogP contribution in [-0.4, -0.2) is 53.9 Å². The van der Waals surface area contributed by atoms with Crippen LogP contribution in [-0.2, 0) is 23.4 Å². The molecule has 0 aliphatic heterocycles. The highest BCUT2D eigenvalue weighted by Crippen LogP contribution is 2.10. The SMILES string of the molecule is CCCCCCCCCCCC(=O)OCCOCCOCCO[Si](C)(C)C. The minimum atomic E-state index is -1.44. The molecule has 0 heterocycles. The Hall–Kier alpha value is -0.433. The Morgan fingerprint density at radius 3 is 1.70 bits per heavy atom. The highest BCUT2D eigenvalue weighted by molar-refractivity contribution is 6.69. The molecule has 0 aliphatic rings. The van der Waals surface area contributed by atoms with Crippen LogP contribution in [0.4, 0.5) is 0 Å². The van der Waals surface area contributed by atoms with Crippen LogP contribution < -0.4 is 0 Å². The van der Waals surface area contributed by atoms with E-state index in [2.05, 4.69) is 26.6 Å². The monoisotopic (exact) mass is 404 g/mol. The molecule has 0 unspecified atom stereocenters. The van der Waals surface area contributed by atoms with Gasteiger partial charge in [0.2, 0.25) is 0 Å². The Morgan fingerprint density at radius 1 is 0.667 bits per heavy atom. The first kappa shape index (κ1) is 26.6. The second kappa shape index (κ2) is 18.9. The third-order valence-corrected chi connectivity index (χ3v) is 5.18. The summed E-state index contributed by atoms with van der Waals surface area (Å²) in [4.78, 5) is 11.6. The van der Waals surface area contributed by atoms with E-state index in [0.717, 1.165) is 12.8 Å². The van der Waals surface area contributed by atoms with Crippen molar-refractivity contribution in [1.29, 1.82) is 0 Å². The summed E-state index contributed by atoms with van der Waals surface area (Å²) in [5.41, 5.74) is 0. The summed E-state index contributed by atoms with van der Waals surface area (Å²) in [6, 6.07) is 0. The maximum atomic E-state index is 11.6. The molecule has 162 valence electrons. The summed E-state index contributed by atoms with van der Waals surface area (Å²) in [6.45, 7) is 11.8. The van der Waals surface area contributed by atoms with Gasteiger partial charge in [-0.05, 0) is 26.1 Å². The lowest BCUT2D eigenvalue weighted by Crippen LogP contribution is -2.27. The number of ether oxygens (including phenoxy) is 3. The van der Waals surface area contributed by atoms with E-state index in [1.807, 2.05) is 0 Å². The van der Waals surface area contributed by atoms with E-state index in [9.17, 15) is 4.79 Å². The fourth-order valence-electron chi connectivity index (χ4n) is 2.60. The van der Waals surface area contributed by atoms with Crippen molar-refractivity contribution in [2.24, 2.45) is 0 Å². The van der Waals surface area contributed by atoms with Gasteiger partial charge >= 0.3 is 5.97 Å². The average Bonchev–Trinajstić information content (AvgIpc) is 2.61. The quantitative estimate of drug-likeness (QED) is 0.156. The third-order valence-electron chi connectivity index (χ3n) is 4.11. The maximum Gasteiger partial charge on any atom is 0.305 e. The molecule has 0 radical (unpaired) electrons. The molecule has 0 aliphatic carbocycles. The first-order chi connectivity index (χ1) is 13.0. The van der Waals surface area contributed by atoms with E-state index in [1.54, 1.807) is 0 Å². The van der Waals surface area contributed by atoms with Crippen molar-refractivity contribution in [3.8, 4) is 0 Å². The molecule has 0 saturated carbocycles. The minimum absolute atomic E-state index is 0.110. The Kier molecular flexibility index (Phi) is 18.6. The van der Waals surface area contributed by atoms with Crippen molar-refractivity contribution in [2.75, 3.05) is 39.6 Å². The van der Waals surface area contributed by atoms with Crippen LogP contribution in [0.1, 0.15) is 71.1 Å². The van der Waals surface area contributed by atoms with Crippen LogP contribution >= 0.6 is 0 Å². The van der Waals surface area contributed by atoms with Crippen molar-refractivity contribution < 1.29 is 23.4 Å². The van der Waals surface area contributed by atoms with E-state index in [1.165, 1.54) is 44.9 Å². The number of esters is 1. The predicted octanol–water partition coefficient (Wildman–Crippen LogP) is 5.34. The normalized spacial score (nSPS) is 11.7. The molecule has 0 rings (SSSR count). The van der Waals surface area contributed by atoms with Crippen LogP contribution in [0.25, 0.3) is 0 Å². The highest BCUT2D eigenvalue weighted by atomic mass is 28.4. The van der Waals surface area contributed by atoms with Crippen LogP contribution in [0, 0.1) is 0 Å². The largest absolute Gasteiger partial charge is 0.463 e. The van der Waals surface area contributed by atoms with Crippen molar-refractivity contribution in [1.82, 2.24) is 0 Å². The Balaban J connectivity index is 3.19. The maximum absolute atomic E-state index is 11.6. The van der Waals surface area contributed by atoms with Crippen LogP contribution in [0.5, 0.6) is 0 Å². The minimum Gasteiger partial charge on any atom is -0.463 e. The van der Waals surface area contributed by atoms with Crippen LogP contribution in [0.2, 0.25) is 19.6 Å². The van der Waals surface area contributed by atoms with Crippen molar-refractivity contribution in [2.45, 2.75) is 90.8 Å². The summed E-state index contributed by atoms with van der Waals surface area (Å²) in [6.07, 6.45) is 11.8. The Bertz CT molecular complexity index is 331. The average molecular weight is 405 g/mol. The zero-order chi connectivity index (χ0) is 20.2. The first-order valence-electron chi connectivity index (χ1n) is 10.9. The number of unbranched alkanes of at least 4 members (excludes halogenated alkanes) is 8. The van der Waals surface area contributed by atoms with Gasteiger partial charge in [-0.2, -0.15) is 0 Å². The molecule has 0 N–H and O–H groups in total. The van der Waals surface area contributed by atoms with Gasteiger partial charge in [0, 0.05) is 6.42 Å². The number of carbonyl (C=O) groups excluding carboxylic acids is 1. The lowest BCUT2D eigenvalue weighted by Gasteiger charge is -2.16.